The van der Waals surface area contributed by atoms with Gasteiger partial charge in [0.2, 0.25) is 0 Å². The molecule has 2 unspecified atom stereocenters. The van der Waals surface area contributed by atoms with E-state index in [1.54, 1.807) is 0 Å². The minimum atomic E-state index is -0.338. The summed E-state index contributed by atoms with van der Waals surface area (Å²) in [5, 5.41) is 5.29. The van der Waals surface area contributed by atoms with Gasteiger partial charge in [0.05, 0.1) is 6.04 Å². The Kier molecular flexibility index (Phi) is 6.45. The molecule has 2 aromatic carbocycles. The molecule has 3 heteroatoms. The Labute approximate surface area is 139 Å². The summed E-state index contributed by atoms with van der Waals surface area (Å²) in [5.74, 6) is 0. The minimum Gasteiger partial charge on any atom is -0.447 e. The molecule has 0 bridgehead atoms. The zero-order valence-electron chi connectivity index (χ0n) is 14.3. The average Bonchev–Trinajstić information content (AvgIpc) is 2.54. The first-order valence-electron chi connectivity index (χ1n) is 8.56. The van der Waals surface area contributed by atoms with Crippen molar-refractivity contribution in [2.75, 3.05) is 0 Å². The van der Waals surface area contributed by atoms with Gasteiger partial charge >= 0.3 is 6.09 Å². The van der Waals surface area contributed by atoms with E-state index in [1.165, 1.54) is 23.6 Å². The Balaban J connectivity index is 1.95. The number of alkyl carbamates (subject to hydrolysis) is 1. The second-order valence-electron chi connectivity index (χ2n) is 6.15. The largest absolute Gasteiger partial charge is 0.447 e. The number of benzene rings is 2. The van der Waals surface area contributed by atoms with Crippen LogP contribution in [-0.2, 0) is 4.74 Å². The lowest BCUT2D eigenvalue weighted by Crippen LogP contribution is -2.30. The summed E-state index contributed by atoms with van der Waals surface area (Å²) in [6, 6.07) is 14.3. The van der Waals surface area contributed by atoms with Crippen molar-refractivity contribution >= 4 is 16.9 Å². The van der Waals surface area contributed by atoms with Crippen molar-refractivity contribution in [1.29, 1.82) is 0 Å². The maximum absolute atomic E-state index is 12.1. The highest BCUT2D eigenvalue weighted by Crippen LogP contribution is 2.24. The van der Waals surface area contributed by atoms with Gasteiger partial charge in [0.15, 0.2) is 0 Å². The van der Waals surface area contributed by atoms with Crippen LogP contribution >= 0.6 is 0 Å². The topological polar surface area (TPSA) is 38.3 Å². The van der Waals surface area contributed by atoms with Crippen LogP contribution in [0.2, 0.25) is 0 Å². The zero-order chi connectivity index (χ0) is 16.7. The number of rotatable bonds is 7. The molecule has 0 saturated heterocycles. The average molecular weight is 313 g/mol. The molecule has 0 aliphatic carbocycles. The molecule has 2 atom stereocenters. The molecule has 0 aliphatic heterocycles. The molecule has 2 aromatic rings. The quantitative estimate of drug-likeness (QED) is 0.676. The lowest BCUT2D eigenvalue weighted by atomic mass is 10.00. The van der Waals surface area contributed by atoms with Crippen molar-refractivity contribution in [2.45, 2.75) is 58.6 Å². The first kappa shape index (κ1) is 17.3. The standard InChI is InChI=1S/C20H27NO2/c1-4-5-6-10-15(2)23-20(22)21-16(3)18-14-9-12-17-11-7-8-13-19(17)18/h7-9,11-16H,4-6,10H2,1-3H3,(H,21,22). The Morgan fingerprint density at radius 2 is 1.83 bits per heavy atom. The number of ether oxygens (including phenoxy) is 1. The monoisotopic (exact) mass is 313 g/mol. The predicted molar refractivity (Wildman–Crippen MR) is 95.6 cm³/mol. The Morgan fingerprint density at radius 1 is 1.09 bits per heavy atom. The summed E-state index contributed by atoms with van der Waals surface area (Å²) >= 11 is 0. The van der Waals surface area contributed by atoms with E-state index in [0.717, 1.165) is 18.4 Å². The third-order valence-corrected chi connectivity index (χ3v) is 4.15. The summed E-state index contributed by atoms with van der Waals surface area (Å²) in [4.78, 5) is 12.1. The van der Waals surface area contributed by atoms with Gasteiger partial charge in [-0.15, -0.1) is 0 Å². The third-order valence-electron chi connectivity index (χ3n) is 4.15. The Hall–Kier alpha value is -2.03. The second-order valence-corrected chi connectivity index (χ2v) is 6.15. The van der Waals surface area contributed by atoms with Gasteiger partial charge in [-0.05, 0) is 43.0 Å². The van der Waals surface area contributed by atoms with E-state index in [1.807, 2.05) is 32.0 Å². The van der Waals surface area contributed by atoms with Crippen molar-refractivity contribution in [2.24, 2.45) is 0 Å². The Bertz CT molecular complexity index is 633. The van der Waals surface area contributed by atoms with Crippen LogP contribution in [0.25, 0.3) is 10.8 Å². The molecule has 1 N–H and O–H groups in total. The molecule has 124 valence electrons. The maximum atomic E-state index is 12.1. The normalized spacial score (nSPS) is 13.5. The van der Waals surface area contributed by atoms with Crippen LogP contribution in [0.15, 0.2) is 42.5 Å². The van der Waals surface area contributed by atoms with Crippen molar-refractivity contribution in [3.63, 3.8) is 0 Å². The molecule has 0 radical (unpaired) electrons. The molecule has 0 fully saturated rings. The molecule has 0 saturated carbocycles. The van der Waals surface area contributed by atoms with Gasteiger partial charge in [0.1, 0.15) is 6.10 Å². The fourth-order valence-corrected chi connectivity index (χ4v) is 2.84. The van der Waals surface area contributed by atoms with Crippen molar-refractivity contribution in [3.05, 3.63) is 48.0 Å². The lowest BCUT2D eigenvalue weighted by molar-refractivity contribution is 0.0982. The van der Waals surface area contributed by atoms with Gasteiger partial charge in [0, 0.05) is 0 Å². The number of hydrogen-bond donors (Lipinski definition) is 1. The summed E-state index contributed by atoms with van der Waals surface area (Å²) in [5.41, 5.74) is 1.11. The van der Waals surface area contributed by atoms with Gasteiger partial charge in [0.25, 0.3) is 0 Å². The highest BCUT2D eigenvalue weighted by molar-refractivity contribution is 5.86. The SMILES string of the molecule is CCCCCC(C)OC(=O)NC(C)c1cccc2ccccc12. The van der Waals surface area contributed by atoms with E-state index in [0.29, 0.717) is 0 Å². The van der Waals surface area contributed by atoms with Gasteiger partial charge in [-0.2, -0.15) is 0 Å². The van der Waals surface area contributed by atoms with E-state index in [2.05, 4.69) is 36.5 Å². The first-order chi connectivity index (χ1) is 11.1. The predicted octanol–water partition coefficient (Wildman–Crippen LogP) is 5.60. The van der Waals surface area contributed by atoms with Gasteiger partial charge in [-0.3, -0.25) is 0 Å². The van der Waals surface area contributed by atoms with Crippen LogP contribution in [0.1, 0.15) is 58.1 Å². The molecule has 3 nitrogen and oxygen atoms in total. The highest BCUT2D eigenvalue weighted by Gasteiger charge is 2.15. The van der Waals surface area contributed by atoms with Crippen LogP contribution in [0.3, 0.4) is 0 Å². The number of hydrogen-bond acceptors (Lipinski definition) is 2. The van der Waals surface area contributed by atoms with Gasteiger partial charge < -0.3 is 10.1 Å². The maximum Gasteiger partial charge on any atom is 0.407 e. The molecular formula is C20H27NO2. The molecular weight excluding hydrogens is 286 g/mol. The van der Waals surface area contributed by atoms with E-state index >= 15 is 0 Å². The smallest absolute Gasteiger partial charge is 0.407 e. The summed E-state index contributed by atoms with van der Waals surface area (Å²) in [7, 11) is 0. The molecule has 0 aliphatic rings. The molecule has 23 heavy (non-hydrogen) atoms. The van der Waals surface area contributed by atoms with Gasteiger partial charge in [-0.1, -0.05) is 62.2 Å². The molecule has 0 heterocycles. The lowest BCUT2D eigenvalue weighted by Gasteiger charge is -2.19. The van der Waals surface area contributed by atoms with Crippen LogP contribution in [0.5, 0.6) is 0 Å². The van der Waals surface area contributed by atoms with E-state index in [4.69, 9.17) is 4.74 Å². The van der Waals surface area contributed by atoms with E-state index in [9.17, 15) is 4.79 Å². The molecule has 0 spiro atoms. The highest BCUT2D eigenvalue weighted by atomic mass is 16.6. The number of carbonyl (C=O) groups is 1. The zero-order valence-corrected chi connectivity index (χ0v) is 14.3. The molecule has 2 rings (SSSR count). The van der Waals surface area contributed by atoms with Crippen LogP contribution in [0.4, 0.5) is 4.79 Å². The molecule has 1 amide bonds. The van der Waals surface area contributed by atoms with E-state index < -0.39 is 0 Å². The minimum absolute atomic E-state index is 0.0405. The van der Waals surface area contributed by atoms with Crippen molar-refractivity contribution in [1.82, 2.24) is 5.32 Å². The summed E-state index contributed by atoms with van der Waals surface area (Å²) < 4.78 is 5.45. The first-order valence-corrected chi connectivity index (χ1v) is 8.56. The number of unbranched alkanes of at least 4 members (excludes halogenated alkanes) is 2. The Morgan fingerprint density at radius 3 is 2.61 bits per heavy atom. The van der Waals surface area contributed by atoms with Crippen molar-refractivity contribution < 1.29 is 9.53 Å². The summed E-state index contributed by atoms with van der Waals surface area (Å²) in [6.45, 7) is 6.12. The van der Waals surface area contributed by atoms with Crippen LogP contribution in [-0.4, -0.2) is 12.2 Å². The van der Waals surface area contributed by atoms with Gasteiger partial charge in [-0.25, -0.2) is 4.79 Å². The summed E-state index contributed by atoms with van der Waals surface area (Å²) in [6.07, 6.45) is 4.00. The fourth-order valence-electron chi connectivity index (χ4n) is 2.84. The number of carbonyl (C=O) groups excluding carboxylic acids is 1. The van der Waals surface area contributed by atoms with Crippen molar-refractivity contribution in [3.8, 4) is 0 Å². The number of amides is 1. The number of nitrogens with one attached hydrogen (secondary N) is 1. The van der Waals surface area contributed by atoms with Crippen LogP contribution < -0.4 is 5.32 Å². The number of fused-ring (bicyclic) bond motifs is 1. The fraction of sp³-hybridized carbons (Fsp3) is 0.450. The van der Waals surface area contributed by atoms with E-state index in [-0.39, 0.29) is 18.2 Å². The third kappa shape index (κ3) is 4.98. The second kappa shape index (κ2) is 8.56. The van der Waals surface area contributed by atoms with Crippen LogP contribution in [0, 0.1) is 0 Å². The molecule has 0 aromatic heterocycles.